The molecule has 0 aromatic heterocycles. The quantitative estimate of drug-likeness (QED) is 0.890. The standard InChI is InChI=1S/C15H21BrN2O/c1-14(2)9-5-6-10-15(14,13(17)19)18-12-8-4-3-7-11(12)16/h3-4,7-8,18H,5-6,9-10H2,1-2H3,(H2,17,19). The molecule has 1 amide bonds. The van der Waals surface area contributed by atoms with Crippen LogP contribution in [0.3, 0.4) is 0 Å². The molecule has 0 heterocycles. The zero-order valence-corrected chi connectivity index (χ0v) is 13.1. The van der Waals surface area contributed by atoms with Gasteiger partial charge in [-0.2, -0.15) is 0 Å². The lowest BCUT2D eigenvalue weighted by Gasteiger charge is -2.49. The molecule has 1 atom stereocenters. The second-order valence-corrected chi connectivity index (χ2v) is 6.82. The average molecular weight is 325 g/mol. The van der Waals surface area contributed by atoms with E-state index in [2.05, 4.69) is 35.1 Å². The monoisotopic (exact) mass is 324 g/mol. The number of halogens is 1. The molecule has 0 spiro atoms. The van der Waals surface area contributed by atoms with E-state index in [9.17, 15) is 4.79 Å². The molecular formula is C15H21BrN2O. The Balaban J connectivity index is 2.41. The third kappa shape index (κ3) is 2.50. The number of carbonyl (C=O) groups excluding carboxylic acids is 1. The molecule has 3 N–H and O–H groups in total. The van der Waals surface area contributed by atoms with Gasteiger partial charge < -0.3 is 11.1 Å². The van der Waals surface area contributed by atoms with Crippen molar-refractivity contribution in [1.29, 1.82) is 0 Å². The highest BCUT2D eigenvalue weighted by Crippen LogP contribution is 2.46. The van der Waals surface area contributed by atoms with Gasteiger partial charge in [-0.1, -0.05) is 38.8 Å². The van der Waals surface area contributed by atoms with Gasteiger partial charge in [0.25, 0.3) is 0 Å². The summed E-state index contributed by atoms with van der Waals surface area (Å²) in [6, 6.07) is 7.85. The lowest BCUT2D eigenvalue weighted by atomic mass is 9.62. The van der Waals surface area contributed by atoms with E-state index in [1.54, 1.807) is 0 Å². The third-order valence-corrected chi connectivity index (χ3v) is 5.09. The molecule has 0 aliphatic heterocycles. The number of amides is 1. The highest BCUT2D eigenvalue weighted by molar-refractivity contribution is 9.10. The van der Waals surface area contributed by atoms with Crippen LogP contribution in [0.5, 0.6) is 0 Å². The minimum atomic E-state index is -0.672. The van der Waals surface area contributed by atoms with Gasteiger partial charge in [0.15, 0.2) is 0 Å². The summed E-state index contributed by atoms with van der Waals surface area (Å²) in [4.78, 5) is 12.2. The molecule has 1 aliphatic rings. The minimum absolute atomic E-state index is 0.146. The number of nitrogens with two attached hydrogens (primary N) is 1. The third-order valence-electron chi connectivity index (χ3n) is 4.40. The first kappa shape index (κ1) is 14.4. The predicted octanol–water partition coefficient (Wildman–Crippen LogP) is 3.69. The van der Waals surface area contributed by atoms with Crippen LogP contribution in [0.2, 0.25) is 0 Å². The van der Waals surface area contributed by atoms with Crippen LogP contribution in [0, 0.1) is 5.41 Å². The smallest absolute Gasteiger partial charge is 0.243 e. The van der Waals surface area contributed by atoms with E-state index in [1.165, 1.54) is 0 Å². The number of carbonyl (C=O) groups is 1. The topological polar surface area (TPSA) is 55.1 Å². The van der Waals surface area contributed by atoms with Crippen molar-refractivity contribution in [3.63, 3.8) is 0 Å². The van der Waals surface area contributed by atoms with Gasteiger partial charge >= 0.3 is 0 Å². The Morgan fingerprint density at radius 3 is 2.47 bits per heavy atom. The van der Waals surface area contributed by atoms with Crippen molar-refractivity contribution in [2.75, 3.05) is 5.32 Å². The van der Waals surface area contributed by atoms with Crippen molar-refractivity contribution in [2.45, 2.75) is 45.1 Å². The maximum atomic E-state index is 12.2. The van der Waals surface area contributed by atoms with E-state index < -0.39 is 5.54 Å². The summed E-state index contributed by atoms with van der Waals surface area (Å²) >= 11 is 3.52. The van der Waals surface area contributed by atoms with Gasteiger partial charge in [-0.25, -0.2) is 0 Å². The maximum absolute atomic E-state index is 12.2. The Bertz CT molecular complexity index is 487. The molecule has 4 heteroatoms. The van der Waals surface area contributed by atoms with Crippen LogP contribution in [0.1, 0.15) is 39.5 Å². The number of hydrogen-bond donors (Lipinski definition) is 2. The van der Waals surface area contributed by atoms with Gasteiger partial charge in [0.2, 0.25) is 5.91 Å². The number of para-hydroxylation sites is 1. The van der Waals surface area contributed by atoms with Gasteiger partial charge in [-0.05, 0) is 46.3 Å². The predicted molar refractivity (Wildman–Crippen MR) is 81.9 cm³/mol. The molecule has 19 heavy (non-hydrogen) atoms. The van der Waals surface area contributed by atoms with Gasteiger partial charge in [-0.15, -0.1) is 0 Å². The molecule has 1 unspecified atom stereocenters. The number of nitrogens with one attached hydrogen (secondary N) is 1. The molecule has 0 saturated heterocycles. The Kier molecular flexibility index (Phi) is 3.90. The number of rotatable bonds is 3. The van der Waals surface area contributed by atoms with Crippen LogP contribution in [-0.2, 0) is 4.79 Å². The number of hydrogen-bond acceptors (Lipinski definition) is 2. The molecule has 104 valence electrons. The fourth-order valence-electron chi connectivity index (χ4n) is 3.05. The van der Waals surface area contributed by atoms with E-state index in [0.29, 0.717) is 0 Å². The highest BCUT2D eigenvalue weighted by atomic mass is 79.9. The van der Waals surface area contributed by atoms with E-state index in [-0.39, 0.29) is 11.3 Å². The van der Waals surface area contributed by atoms with Gasteiger partial charge in [0, 0.05) is 10.2 Å². The van der Waals surface area contributed by atoms with Crippen molar-refractivity contribution < 1.29 is 4.79 Å². The Labute approximate surface area is 123 Å². The molecule has 1 aliphatic carbocycles. The molecule has 3 nitrogen and oxygen atoms in total. The van der Waals surface area contributed by atoms with Crippen LogP contribution in [0.25, 0.3) is 0 Å². The van der Waals surface area contributed by atoms with Crippen LogP contribution < -0.4 is 11.1 Å². The van der Waals surface area contributed by atoms with E-state index in [4.69, 9.17) is 5.73 Å². The van der Waals surface area contributed by atoms with Gasteiger partial charge in [-0.3, -0.25) is 4.79 Å². The first-order chi connectivity index (χ1) is 8.89. The van der Waals surface area contributed by atoms with Crippen molar-refractivity contribution >= 4 is 27.5 Å². The normalized spacial score (nSPS) is 25.8. The molecular weight excluding hydrogens is 304 g/mol. The van der Waals surface area contributed by atoms with Crippen molar-refractivity contribution in [1.82, 2.24) is 0 Å². The summed E-state index contributed by atoms with van der Waals surface area (Å²) in [6.07, 6.45) is 3.98. The lowest BCUT2D eigenvalue weighted by molar-refractivity contribution is -0.127. The summed E-state index contributed by atoms with van der Waals surface area (Å²) in [7, 11) is 0. The summed E-state index contributed by atoms with van der Waals surface area (Å²) < 4.78 is 0.956. The lowest BCUT2D eigenvalue weighted by Crippen LogP contribution is -2.61. The van der Waals surface area contributed by atoms with E-state index in [1.807, 2.05) is 24.3 Å². The molecule has 1 saturated carbocycles. The summed E-state index contributed by atoms with van der Waals surface area (Å²) in [5.41, 5.74) is 5.87. The average Bonchev–Trinajstić information content (AvgIpc) is 2.34. The molecule has 1 fully saturated rings. The highest BCUT2D eigenvalue weighted by Gasteiger charge is 2.51. The fraction of sp³-hybridized carbons (Fsp3) is 0.533. The van der Waals surface area contributed by atoms with Crippen molar-refractivity contribution in [2.24, 2.45) is 11.1 Å². The van der Waals surface area contributed by atoms with Crippen LogP contribution >= 0.6 is 15.9 Å². The largest absolute Gasteiger partial charge is 0.370 e. The first-order valence-corrected chi connectivity index (χ1v) is 7.51. The molecule has 1 aromatic rings. The zero-order valence-electron chi connectivity index (χ0n) is 11.5. The summed E-state index contributed by atoms with van der Waals surface area (Å²) in [6.45, 7) is 4.25. The summed E-state index contributed by atoms with van der Waals surface area (Å²) in [5, 5.41) is 3.43. The van der Waals surface area contributed by atoms with Crippen LogP contribution in [0.15, 0.2) is 28.7 Å². The number of anilines is 1. The maximum Gasteiger partial charge on any atom is 0.243 e. The van der Waals surface area contributed by atoms with Crippen molar-refractivity contribution in [3.05, 3.63) is 28.7 Å². The van der Waals surface area contributed by atoms with Gasteiger partial charge in [0.1, 0.15) is 5.54 Å². The number of primary amides is 1. The van der Waals surface area contributed by atoms with E-state index in [0.717, 1.165) is 35.8 Å². The first-order valence-electron chi connectivity index (χ1n) is 6.72. The Morgan fingerprint density at radius 1 is 1.26 bits per heavy atom. The Hall–Kier alpha value is -1.03. The summed E-state index contributed by atoms with van der Waals surface area (Å²) in [5.74, 6) is -0.257. The van der Waals surface area contributed by atoms with E-state index >= 15 is 0 Å². The SMILES string of the molecule is CC1(C)CCCCC1(Nc1ccccc1Br)C(N)=O. The fourth-order valence-corrected chi connectivity index (χ4v) is 3.44. The van der Waals surface area contributed by atoms with Crippen LogP contribution in [-0.4, -0.2) is 11.4 Å². The number of benzene rings is 1. The molecule has 0 bridgehead atoms. The second kappa shape index (κ2) is 5.16. The zero-order chi connectivity index (χ0) is 14.1. The Morgan fingerprint density at radius 2 is 1.89 bits per heavy atom. The van der Waals surface area contributed by atoms with Crippen LogP contribution in [0.4, 0.5) is 5.69 Å². The van der Waals surface area contributed by atoms with Gasteiger partial charge in [0.05, 0.1) is 0 Å². The van der Waals surface area contributed by atoms with Crippen molar-refractivity contribution in [3.8, 4) is 0 Å². The molecule has 2 rings (SSSR count). The molecule has 0 radical (unpaired) electrons. The molecule has 1 aromatic carbocycles. The minimum Gasteiger partial charge on any atom is -0.370 e. The second-order valence-electron chi connectivity index (χ2n) is 5.97.